The van der Waals surface area contributed by atoms with Crippen molar-refractivity contribution in [3.05, 3.63) is 30.4 Å². The molecule has 0 bridgehead atoms. The highest BCUT2D eigenvalue weighted by molar-refractivity contribution is 7.47. The van der Waals surface area contributed by atoms with E-state index in [0.29, 0.717) is 89.9 Å². The number of nitrogens with zero attached hydrogens (tertiary/aromatic N) is 1. The Morgan fingerprint density at radius 2 is 0.720 bits per heavy atom. The topological polar surface area (TPSA) is 649 Å². The number of aliphatic hydroxyl groups excluding tert-OH is 1. The Morgan fingerprint density at radius 3 is 1.05 bits per heavy atom. The molecule has 4 heterocycles. The van der Waals surface area contributed by atoms with E-state index in [4.69, 9.17) is 94.9 Å². The lowest BCUT2D eigenvalue weighted by atomic mass is 9.96. The van der Waals surface area contributed by atoms with Gasteiger partial charge in [-0.15, -0.1) is 0 Å². The molecule has 10 N–H and O–H groups in total. The minimum atomic E-state index is -4.46. The zero-order valence-electron chi connectivity index (χ0n) is 83.5. The van der Waals surface area contributed by atoms with Crippen LogP contribution in [-0.2, 0) is 185 Å². The van der Waals surface area contributed by atoms with Gasteiger partial charge in [-0.05, 0) is 82.8 Å². The first-order valence-corrected chi connectivity index (χ1v) is 49.4. The zero-order chi connectivity index (χ0) is 106. The lowest BCUT2D eigenvalue weighted by Gasteiger charge is -2.44. The van der Waals surface area contributed by atoms with E-state index >= 15 is 0 Å². The summed E-state index contributed by atoms with van der Waals surface area (Å²) < 4.78 is 125. The number of hydrogen-bond acceptors (Lipinski definition) is 40. The number of esters is 9. The van der Waals surface area contributed by atoms with Crippen LogP contribution in [0.25, 0.3) is 0 Å². The van der Waals surface area contributed by atoms with Crippen LogP contribution < -0.4 is 42.5 Å². The number of hydrogen-bond donors (Lipinski definition) is 10. The van der Waals surface area contributed by atoms with Crippen molar-refractivity contribution in [3.63, 3.8) is 0 Å². The quantitative estimate of drug-likeness (QED) is 0.00792. The molecule has 0 aliphatic carbocycles. The third-order valence-corrected chi connectivity index (χ3v) is 22.4. The second kappa shape index (κ2) is 69.2. The van der Waals surface area contributed by atoms with Crippen molar-refractivity contribution in [2.24, 2.45) is 0 Å². The van der Waals surface area contributed by atoms with Gasteiger partial charge in [0.1, 0.15) is 74.1 Å². The number of aliphatic hydroxyl groups is 1. The first kappa shape index (κ1) is 124. The van der Waals surface area contributed by atoms with Gasteiger partial charge in [0.15, 0.2) is 55.5 Å². The molecular formula is C92H146N9O41P. The van der Waals surface area contributed by atoms with E-state index in [1.54, 1.807) is 0 Å². The van der Waals surface area contributed by atoms with Crippen LogP contribution in [0.15, 0.2) is 30.4 Å². The normalized spacial score (nSPS) is 22.6. The number of amides is 9. The van der Waals surface area contributed by atoms with Crippen molar-refractivity contribution in [2.75, 3.05) is 119 Å². The molecule has 50 nitrogen and oxygen atoms in total. The molecule has 0 aromatic rings. The van der Waals surface area contributed by atoms with Crippen molar-refractivity contribution >= 4 is 115 Å². The molecule has 9 amide bonds. The highest BCUT2D eigenvalue weighted by Crippen LogP contribution is 2.43. The van der Waals surface area contributed by atoms with Crippen LogP contribution >= 0.6 is 7.82 Å². The maximum Gasteiger partial charge on any atom is 0.527 e. The van der Waals surface area contributed by atoms with Gasteiger partial charge in [-0.2, -0.15) is 0 Å². The molecule has 143 heavy (non-hydrogen) atoms. The fraction of sp³-hybridized carbons (Fsp3) is 0.750. The van der Waals surface area contributed by atoms with Gasteiger partial charge in [0.2, 0.25) is 53.2 Å². The average Bonchev–Trinajstić information content (AvgIpc) is 1.17. The van der Waals surface area contributed by atoms with Gasteiger partial charge in [0, 0.05) is 168 Å². The first-order valence-electron chi connectivity index (χ1n) is 47.9. The molecule has 4 aliphatic rings. The molecule has 0 radical (unpaired) electrons. The molecule has 0 aromatic heterocycles. The second-order valence-corrected chi connectivity index (χ2v) is 35.5. The van der Waals surface area contributed by atoms with Crippen LogP contribution in [0.3, 0.4) is 0 Å². The van der Waals surface area contributed by atoms with Crippen molar-refractivity contribution in [3.8, 4) is 0 Å². The lowest BCUT2D eigenvalue weighted by molar-refractivity contribution is -0.277. The zero-order valence-corrected chi connectivity index (χ0v) is 84.4. The third-order valence-electron chi connectivity index (χ3n) is 21.5. The summed E-state index contributed by atoms with van der Waals surface area (Å²) in [4.78, 5) is 241. The Labute approximate surface area is 830 Å². The number of likely N-dealkylation sites (tertiary alicyclic amines) is 1. The number of rotatable bonds is 69. The Bertz CT molecular complexity index is 3910. The first-order chi connectivity index (χ1) is 68.0. The molecule has 810 valence electrons. The summed E-state index contributed by atoms with van der Waals surface area (Å²) in [5.41, 5.74) is 0.727. The van der Waals surface area contributed by atoms with Crippen molar-refractivity contribution < 1.29 is 195 Å². The van der Waals surface area contributed by atoms with Gasteiger partial charge < -0.3 is 142 Å². The van der Waals surface area contributed by atoms with E-state index < -0.39 is 252 Å². The SMILES string of the molecule is CC(=O)NC1C(OCCCCCCNC(=O)CCOCC(COCCC(=O)NCCCCCCOC2OC(COC(C)=O)C(OC(C)=O)C(OC(C)=O)C2NC(C)=O)(COCCC(=O)NCCCCCCOC2OC(COC(C)=O)C(OC(C)=O)C(OC(C)=O)C2NC(C)=O)NC(=O)C2CCCN2C(=O)CCCC(=O)NCCCCOP(=O)(O)OC=C=C/C=C/O)OC(COC(C)=O)C(OC(C)=O)C1OC(C)=O. The Hall–Kier alpha value is -10.9. The summed E-state index contributed by atoms with van der Waals surface area (Å²) >= 11 is 0. The predicted molar refractivity (Wildman–Crippen MR) is 494 cm³/mol. The number of carbonyl (C=O) groups is 18. The van der Waals surface area contributed by atoms with Crippen LogP contribution in [0, 0.1) is 0 Å². The van der Waals surface area contributed by atoms with Crippen molar-refractivity contribution in [1.29, 1.82) is 0 Å². The van der Waals surface area contributed by atoms with E-state index in [2.05, 4.69) is 52.8 Å². The molecule has 0 saturated carbocycles. The molecule has 4 saturated heterocycles. The monoisotopic (exact) mass is 2060 g/mol. The summed E-state index contributed by atoms with van der Waals surface area (Å²) in [5, 5.41) is 31.0. The maximum atomic E-state index is 15.0. The summed E-state index contributed by atoms with van der Waals surface area (Å²) in [6.45, 7) is 11.7. The van der Waals surface area contributed by atoms with E-state index in [-0.39, 0.29) is 136 Å². The van der Waals surface area contributed by atoms with Gasteiger partial charge in [0.05, 0.1) is 52.5 Å². The van der Waals surface area contributed by atoms with Gasteiger partial charge in [-0.1, -0.05) is 44.3 Å². The molecule has 4 rings (SSSR count). The maximum absolute atomic E-state index is 15.0. The minimum absolute atomic E-state index is 0.0565. The Kier molecular flexibility index (Phi) is 60.2. The van der Waals surface area contributed by atoms with Gasteiger partial charge in [-0.25, -0.2) is 4.57 Å². The summed E-state index contributed by atoms with van der Waals surface area (Å²) in [6.07, 6.45) is -4.47. The number of carbonyl (C=O) groups excluding carboxylic acids is 18. The van der Waals surface area contributed by atoms with Crippen LogP contribution in [0.1, 0.15) is 224 Å². The van der Waals surface area contributed by atoms with Crippen LogP contribution in [0.2, 0.25) is 0 Å². The average molecular weight is 2070 g/mol. The smallest absolute Gasteiger partial charge is 0.516 e. The number of allylic oxidation sites excluding steroid dienone is 2. The molecular weight excluding hydrogens is 1920 g/mol. The van der Waals surface area contributed by atoms with E-state index in [1.165, 1.54) is 37.8 Å². The summed E-state index contributed by atoms with van der Waals surface area (Å²) in [7, 11) is -4.46. The van der Waals surface area contributed by atoms with Crippen LogP contribution in [0.4, 0.5) is 0 Å². The standard InChI is InChI=1S/C92H146N9O41P/c1-58(103)97-79-85(137-67(10)112)82(134-64(7)109)71(52-129-61(4)106)140-89(79)126-44-25-16-13-20-38-94-75(116)35-49-123-55-92(100-88(120)70-32-31-42-101(70)78(119)34-30-33-74(115)93-41-23-29-48-133-143(121,122)132-47-28-19-24-43-102,56-124-50-36-76(117)95-39-21-14-17-26-45-127-90-80(98-59(2)104)86(138-68(11)113)83(135-65(8)110)72(141-90)53-130-62(5)107)57-125-51-37-77(118)96-40-22-15-18-27-46-128-91-81(99-60(3)105)87(139-69(12)114)84(136-66(9)111)73(142-91)54-131-63(6)108/h19,24,43,47,70-73,79-87,89-91,102H,13-18,20-23,25-27,29-42,44-46,48-57H2,1-12H3,(H,93,115)(H,94,116)(H,95,117)(H,96,118)(H,97,103)(H,98,104)(H,99,105)(H,100,120)(H,121,122)/b43-24+. The number of unbranched alkanes of at least 4 members (excludes halogenated alkanes) is 10. The van der Waals surface area contributed by atoms with E-state index in [0.717, 1.165) is 74.8 Å². The van der Waals surface area contributed by atoms with Crippen LogP contribution in [-0.4, -0.2) is 344 Å². The van der Waals surface area contributed by atoms with E-state index in [1.807, 2.05) is 0 Å². The second-order valence-electron chi connectivity index (χ2n) is 34.1. The molecule has 17 unspecified atom stereocenters. The van der Waals surface area contributed by atoms with Gasteiger partial charge in [-0.3, -0.25) is 95.7 Å². The third kappa shape index (κ3) is 52.5. The van der Waals surface area contributed by atoms with Crippen molar-refractivity contribution in [1.82, 2.24) is 47.4 Å². The molecule has 17 atom stereocenters. The highest BCUT2D eigenvalue weighted by atomic mass is 31.2. The van der Waals surface area contributed by atoms with Gasteiger partial charge in [0.25, 0.3) is 0 Å². The fourth-order valence-corrected chi connectivity index (χ4v) is 15.9. The lowest BCUT2D eigenvalue weighted by Crippen LogP contribution is -2.66. The number of ether oxygens (including phenoxy) is 18. The molecule has 4 fully saturated rings. The van der Waals surface area contributed by atoms with Gasteiger partial charge >= 0.3 is 61.5 Å². The van der Waals surface area contributed by atoms with Crippen molar-refractivity contribution in [2.45, 2.75) is 328 Å². The predicted octanol–water partition coefficient (Wildman–Crippen LogP) is 2.04. The van der Waals surface area contributed by atoms with E-state index in [9.17, 15) is 95.8 Å². The number of phosphoric ester groups is 1. The molecule has 4 aliphatic heterocycles. The summed E-state index contributed by atoms with van der Waals surface area (Å²) in [6, 6.07) is -4.56. The number of nitrogens with one attached hydrogen (secondary N) is 8. The number of phosphoric acid groups is 1. The molecule has 0 aromatic carbocycles. The van der Waals surface area contributed by atoms with Crippen LogP contribution in [0.5, 0.6) is 0 Å². The molecule has 0 spiro atoms. The largest absolute Gasteiger partial charge is 0.527 e. The highest BCUT2D eigenvalue weighted by Gasteiger charge is 2.55. The fourth-order valence-electron chi connectivity index (χ4n) is 15.3. The summed E-state index contributed by atoms with van der Waals surface area (Å²) in [5.74, 6) is -11.0. The minimum Gasteiger partial charge on any atom is -0.516 e. The Morgan fingerprint density at radius 1 is 0.399 bits per heavy atom. The molecule has 51 heteroatoms. The Balaban J connectivity index is 1.50.